The van der Waals surface area contributed by atoms with Gasteiger partial charge in [-0.15, -0.1) is 0 Å². The zero-order chi connectivity index (χ0) is 17.2. The molecule has 1 aromatic carbocycles. The van der Waals surface area contributed by atoms with Crippen molar-refractivity contribution in [1.29, 1.82) is 0 Å². The van der Waals surface area contributed by atoms with Gasteiger partial charge in [-0.1, -0.05) is 12.1 Å². The van der Waals surface area contributed by atoms with E-state index in [2.05, 4.69) is 0 Å². The van der Waals surface area contributed by atoms with Crippen LogP contribution >= 0.6 is 0 Å². The molecule has 1 aliphatic carbocycles. The minimum absolute atomic E-state index is 0.0525. The molecule has 5 nitrogen and oxygen atoms in total. The molecular formula is C18H24N2O3S. The fourth-order valence-electron chi connectivity index (χ4n) is 3.42. The maximum Gasteiger partial charge on any atom is 0.246 e. The lowest BCUT2D eigenvalue weighted by atomic mass is 9.92. The van der Waals surface area contributed by atoms with Crippen molar-refractivity contribution in [2.24, 2.45) is 0 Å². The maximum absolute atomic E-state index is 12.9. The van der Waals surface area contributed by atoms with Crippen LogP contribution in [0.1, 0.15) is 30.9 Å². The number of fused-ring (bicyclic) bond motifs is 1. The second kappa shape index (κ2) is 7.07. The van der Waals surface area contributed by atoms with Gasteiger partial charge in [0.2, 0.25) is 15.9 Å². The SMILES string of the molecule is C/C=C/C(=O)N1CCN(S(=O)(=O)c2ccc3c(c2)CCCC3)CC1. The maximum atomic E-state index is 12.9. The van der Waals surface area contributed by atoms with Gasteiger partial charge >= 0.3 is 0 Å². The third-order valence-corrected chi connectivity index (χ3v) is 6.71. The standard InChI is InChI=1S/C18H24N2O3S/c1-2-5-18(21)19-10-12-20(13-11-19)24(22,23)17-9-8-15-6-3-4-7-16(15)14-17/h2,5,8-9,14H,3-4,6-7,10-13H2,1H3/b5-2+. The van der Waals surface area contributed by atoms with Gasteiger partial charge < -0.3 is 4.90 Å². The molecule has 2 aliphatic rings. The minimum Gasteiger partial charge on any atom is -0.337 e. The normalized spacial score (nSPS) is 19.5. The van der Waals surface area contributed by atoms with Crippen LogP contribution in [0.25, 0.3) is 0 Å². The summed E-state index contributed by atoms with van der Waals surface area (Å²) in [6, 6.07) is 5.55. The monoisotopic (exact) mass is 348 g/mol. The zero-order valence-electron chi connectivity index (χ0n) is 14.1. The van der Waals surface area contributed by atoms with E-state index in [0.29, 0.717) is 31.1 Å². The molecule has 0 aromatic heterocycles. The predicted octanol–water partition coefficient (Wildman–Crippen LogP) is 1.97. The number of nitrogens with zero attached hydrogens (tertiary/aromatic N) is 2. The zero-order valence-corrected chi connectivity index (χ0v) is 14.9. The number of aryl methyl sites for hydroxylation is 2. The second-order valence-corrected chi connectivity index (χ2v) is 8.30. The van der Waals surface area contributed by atoms with Crippen LogP contribution in [-0.2, 0) is 27.7 Å². The molecule has 1 amide bonds. The number of hydrogen-bond acceptors (Lipinski definition) is 3. The molecule has 0 unspecified atom stereocenters. The van der Waals surface area contributed by atoms with Crippen molar-refractivity contribution in [2.45, 2.75) is 37.5 Å². The van der Waals surface area contributed by atoms with Gasteiger partial charge in [0.1, 0.15) is 0 Å². The van der Waals surface area contributed by atoms with Gasteiger partial charge in [-0.25, -0.2) is 8.42 Å². The molecule has 6 heteroatoms. The number of rotatable bonds is 3. The smallest absolute Gasteiger partial charge is 0.246 e. The first-order chi connectivity index (χ1) is 11.5. The van der Waals surface area contributed by atoms with Gasteiger partial charge in [0.25, 0.3) is 0 Å². The molecule has 24 heavy (non-hydrogen) atoms. The number of piperazine rings is 1. The highest BCUT2D eigenvalue weighted by molar-refractivity contribution is 7.89. The number of carbonyl (C=O) groups excluding carboxylic acids is 1. The van der Waals surface area contributed by atoms with E-state index in [4.69, 9.17) is 0 Å². The summed E-state index contributed by atoms with van der Waals surface area (Å²) in [6.45, 7) is 3.38. The van der Waals surface area contributed by atoms with E-state index in [1.165, 1.54) is 27.9 Å². The number of sulfonamides is 1. The predicted molar refractivity (Wildman–Crippen MR) is 93.2 cm³/mol. The summed E-state index contributed by atoms with van der Waals surface area (Å²) in [6.07, 6.45) is 7.54. The van der Waals surface area contributed by atoms with E-state index in [1.807, 2.05) is 12.1 Å². The number of carbonyl (C=O) groups is 1. The molecule has 130 valence electrons. The van der Waals surface area contributed by atoms with Crippen molar-refractivity contribution in [3.63, 3.8) is 0 Å². The van der Waals surface area contributed by atoms with E-state index in [9.17, 15) is 13.2 Å². The lowest BCUT2D eigenvalue weighted by Gasteiger charge is -2.33. The summed E-state index contributed by atoms with van der Waals surface area (Å²) in [5, 5.41) is 0. The third-order valence-electron chi connectivity index (χ3n) is 4.82. The Balaban J connectivity index is 1.74. The minimum atomic E-state index is -3.48. The highest BCUT2D eigenvalue weighted by Crippen LogP contribution is 2.26. The van der Waals surface area contributed by atoms with Crippen molar-refractivity contribution < 1.29 is 13.2 Å². The molecule has 1 heterocycles. The van der Waals surface area contributed by atoms with Gasteiger partial charge in [0.15, 0.2) is 0 Å². The molecule has 1 aliphatic heterocycles. The summed E-state index contributed by atoms with van der Waals surface area (Å²) in [5.74, 6) is -0.0525. The molecule has 0 N–H and O–H groups in total. The lowest BCUT2D eigenvalue weighted by Crippen LogP contribution is -2.50. The fourth-order valence-corrected chi connectivity index (χ4v) is 4.89. The molecule has 1 saturated heterocycles. The first-order valence-electron chi connectivity index (χ1n) is 8.56. The van der Waals surface area contributed by atoms with Crippen LogP contribution in [-0.4, -0.2) is 49.7 Å². The third kappa shape index (κ3) is 3.39. The van der Waals surface area contributed by atoms with E-state index >= 15 is 0 Å². The first-order valence-corrected chi connectivity index (χ1v) is 10.00. The summed E-state index contributed by atoms with van der Waals surface area (Å²) in [7, 11) is -3.48. The Kier molecular flexibility index (Phi) is 5.06. The first kappa shape index (κ1) is 17.2. The Morgan fingerprint density at radius 2 is 1.71 bits per heavy atom. The van der Waals surface area contributed by atoms with Crippen LogP contribution in [0.15, 0.2) is 35.2 Å². The van der Waals surface area contributed by atoms with Crippen LogP contribution in [0.3, 0.4) is 0 Å². The lowest BCUT2D eigenvalue weighted by molar-refractivity contribution is -0.127. The summed E-state index contributed by atoms with van der Waals surface area (Å²) in [5.41, 5.74) is 2.45. The van der Waals surface area contributed by atoms with Crippen molar-refractivity contribution in [3.05, 3.63) is 41.5 Å². The van der Waals surface area contributed by atoms with Crippen LogP contribution in [0, 0.1) is 0 Å². The molecular weight excluding hydrogens is 324 g/mol. The van der Waals surface area contributed by atoms with Crippen LogP contribution in [0.2, 0.25) is 0 Å². The molecule has 0 bridgehead atoms. The number of hydrogen-bond donors (Lipinski definition) is 0. The van der Waals surface area contributed by atoms with Crippen molar-refractivity contribution in [1.82, 2.24) is 9.21 Å². The summed E-state index contributed by atoms with van der Waals surface area (Å²) >= 11 is 0. The van der Waals surface area contributed by atoms with E-state index in [-0.39, 0.29) is 5.91 Å². The summed E-state index contributed by atoms with van der Waals surface area (Å²) < 4.78 is 27.3. The highest BCUT2D eigenvalue weighted by Gasteiger charge is 2.30. The van der Waals surface area contributed by atoms with Crippen LogP contribution < -0.4 is 0 Å². The van der Waals surface area contributed by atoms with Gasteiger partial charge in [-0.05, 0) is 61.9 Å². The van der Waals surface area contributed by atoms with Crippen LogP contribution in [0.5, 0.6) is 0 Å². The quantitative estimate of drug-likeness (QED) is 0.785. The van der Waals surface area contributed by atoms with Gasteiger partial charge in [0, 0.05) is 26.2 Å². The molecule has 0 saturated carbocycles. The number of amides is 1. The van der Waals surface area contributed by atoms with E-state index < -0.39 is 10.0 Å². The Bertz CT molecular complexity index is 748. The number of allylic oxidation sites excluding steroid dienone is 1. The molecule has 0 spiro atoms. The van der Waals surface area contributed by atoms with Crippen molar-refractivity contribution in [2.75, 3.05) is 26.2 Å². The number of benzene rings is 1. The average Bonchev–Trinajstić information content (AvgIpc) is 2.61. The van der Waals surface area contributed by atoms with Gasteiger partial charge in [-0.2, -0.15) is 4.31 Å². The molecule has 1 fully saturated rings. The molecule has 0 radical (unpaired) electrons. The highest BCUT2D eigenvalue weighted by atomic mass is 32.2. The fraction of sp³-hybridized carbons (Fsp3) is 0.500. The Labute approximate surface area is 144 Å². The van der Waals surface area contributed by atoms with Gasteiger partial charge in [0.05, 0.1) is 4.90 Å². The Morgan fingerprint density at radius 3 is 2.38 bits per heavy atom. The topological polar surface area (TPSA) is 57.7 Å². The Hall–Kier alpha value is -1.66. The average molecular weight is 348 g/mol. The second-order valence-electron chi connectivity index (χ2n) is 6.37. The van der Waals surface area contributed by atoms with Gasteiger partial charge in [-0.3, -0.25) is 4.79 Å². The summed E-state index contributed by atoms with van der Waals surface area (Å²) in [4.78, 5) is 13.9. The van der Waals surface area contributed by atoms with Crippen LogP contribution in [0.4, 0.5) is 0 Å². The van der Waals surface area contributed by atoms with Crippen molar-refractivity contribution in [3.8, 4) is 0 Å². The largest absolute Gasteiger partial charge is 0.337 e. The Morgan fingerprint density at radius 1 is 1.04 bits per heavy atom. The van der Waals surface area contributed by atoms with Crippen molar-refractivity contribution >= 4 is 15.9 Å². The molecule has 0 atom stereocenters. The van der Waals surface area contributed by atoms with E-state index in [0.717, 1.165) is 19.3 Å². The van der Waals surface area contributed by atoms with E-state index in [1.54, 1.807) is 24.0 Å². The molecule has 3 rings (SSSR count). The molecule has 1 aromatic rings.